The van der Waals surface area contributed by atoms with E-state index >= 15 is 0 Å². The predicted molar refractivity (Wildman–Crippen MR) is 59.7 cm³/mol. The van der Waals surface area contributed by atoms with Gasteiger partial charge in [-0.2, -0.15) is 4.98 Å². The van der Waals surface area contributed by atoms with Gasteiger partial charge in [0.15, 0.2) is 0 Å². The average molecular weight is 216 g/mol. The van der Waals surface area contributed by atoms with Crippen LogP contribution < -0.4 is 0 Å². The molecule has 0 aliphatic rings. The number of hydrogen-bond donors (Lipinski definition) is 0. The molecule has 1 aromatic heterocycles. The van der Waals surface area contributed by atoms with E-state index < -0.39 is 0 Å². The molecule has 0 saturated heterocycles. The molecule has 0 N–H and O–H groups in total. The third-order valence-corrected chi connectivity index (χ3v) is 2.20. The van der Waals surface area contributed by atoms with Gasteiger partial charge >= 0.3 is 0 Å². The molecule has 0 spiro atoms. The van der Waals surface area contributed by atoms with Crippen molar-refractivity contribution in [3.8, 4) is 0 Å². The molecule has 2 rings (SSSR count). The van der Waals surface area contributed by atoms with E-state index in [1.54, 1.807) is 7.11 Å². The minimum Gasteiger partial charge on any atom is -0.369 e. The zero-order valence-corrected chi connectivity index (χ0v) is 8.96. The molecule has 16 heavy (non-hydrogen) atoms. The highest BCUT2D eigenvalue weighted by Crippen LogP contribution is 2.22. The Morgan fingerprint density at radius 2 is 2.12 bits per heavy atom. The normalized spacial score (nSPS) is 12.3. The number of benzene rings is 1. The monoisotopic (exact) mass is 216 g/mol. The molecule has 0 amide bonds. The molecule has 0 saturated carbocycles. The van der Waals surface area contributed by atoms with Crippen molar-refractivity contribution in [2.24, 2.45) is 0 Å². The van der Waals surface area contributed by atoms with Gasteiger partial charge in [0, 0.05) is 7.11 Å². The molecule has 0 radical (unpaired) electrons. The summed E-state index contributed by atoms with van der Waals surface area (Å²) in [5, 5.41) is 3.85. The van der Waals surface area contributed by atoms with E-state index in [0.717, 1.165) is 5.56 Å². The van der Waals surface area contributed by atoms with Crippen LogP contribution >= 0.6 is 0 Å². The Morgan fingerprint density at radius 1 is 1.38 bits per heavy atom. The number of nitrogens with zero attached hydrogens (tertiary/aromatic N) is 2. The lowest BCUT2D eigenvalue weighted by Gasteiger charge is -2.10. The maximum atomic E-state index is 5.36. The molecule has 0 aliphatic heterocycles. The van der Waals surface area contributed by atoms with Gasteiger partial charge in [0.1, 0.15) is 6.10 Å². The fraction of sp³-hybridized carbons (Fsp3) is 0.167. The van der Waals surface area contributed by atoms with Crippen LogP contribution in [0.25, 0.3) is 6.08 Å². The first-order valence-corrected chi connectivity index (χ1v) is 4.89. The molecule has 0 aliphatic carbocycles. The van der Waals surface area contributed by atoms with Gasteiger partial charge in [0.25, 0.3) is 0 Å². The van der Waals surface area contributed by atoms with Crippen molar-refractivity contribution in [3.63, 3.8) is 0 Å². The molecule has 4 nitrogen and oxygen atoms in total. The van der Waals surface area contributed by atoms with Crippen LogP contribution in [-0.2, 0) is 4.74 Å². The fourth-order valence-corrected chi connectivity index (χ4v) is 1.46. The van der Waals surface area contributed by atoms with E-state index in [1.807, 2.05) is 30.3 Å². The Balaban J connectivity index is 2.32. The smallest absolute Gasteiger partial charge is 0.250 e. The topological polar surface area (TPSA) is 48.2 Å². The van der Waals surface area contributed by atoms with Gasteiger partial charge in [-0.25, -0.2) is 0 Å². The summed E-state index contributed by atoms with van der Waals surface area (Å²) in [6.45, 7) is 3.57. The van der Waals surface area contributed by atoms with E-state index in [-0.39, 0.29) is 6.10 Å². The molecule has 4 heteroatoms. The molecular formula is C12H12N2O2. The number of ether oxygens (including phenoxy) is 1. The molecule has 0 fully saturated rings. The quantitative estimate of drug-likeness (QED) is 0.787. The van der Waals surface area contributed by atoms with E-state index in [1.165, 1.54) is 6.08 Å². The summed E-state index contributed by atoms with van der Waals surface area (Å²) < 4.78 is 10.3. The summed E-state index contributed by atoms with van der Waals surface area (Å²) in [4.78, 5) is 4.16. The van der Waals surface area contributed by atoms with Crippen LogP contribution in [0.1, 0.15) is 23.4 Å². The van der Waals surface area contributed by atoms with Gasteiger partial charge in [-0.3, -0.25) is 0 Å². The minimum absolute atomic E-state index is 0.307. The molecule has 1 atom stereocenters. The Labute approximate surface area is 93.6 Å². The van der Waals surface area contributed by atoms with Crippen molar-refractivity contribution in [2.45, 2.75) is 6.10 Å². The van der Waals surface area contributed by atoms with Crippen molar-refractivity contribution in [1.29, 1.82) is 0 Å². The lowest BCUT2D eigenvalue weighted by atomic mass is 10.1. The molecule has 1 aromatic carbocycles. The Hall–Kier alpha value is -1.94. The zero-order chi connectivity index (χ0) is 11.4. The third kappa shape index (κ3) is 2.01. The molecule has 82 valence electrons. The molecule has 1 heterocycles. The van der Waals surface area contributed by atoms with Gasteiger partial charge < -0.3 is 9.26 Å². The van der Waals surface area contributed by atoms with E-state index in [4.69, 9.17) is 9.26 Å². The van der Waals surface area contributed by atoms with Crippen molar-refractivity contribution >= 4 is 6.08 Å². The Morgan fingerprint density at radius 3 is 2.69 bits per heavy atom. The number of hydrogen-bond acceptors (Lipinski definition) is 4. The average Bonchev–Trinajstić information content (AvgIpc) is 2.80. The van der Waals surface area contributed by atoms with E-state index in [9.17, 15) is 0 Å². The van der Waals surface area contributed by atoms with E-state index in [2.05, 4.69) is 16.7 Å². The van der Waals surface area contributed by atoms with Gasteiger partial charge in [-0.1, -0.05) is 42.1 Å². The van der Waals surface area contributed by atoms with Crippen molar-refractivity contribution in [3.05, 3.63) is 54.2 Å². The highest BCUT2D eigenvalue weighted by molar-refractivity contribution is 5.33. The standard InChI is InChI=1S/C12H12N2O2/c1-3-10-13-12(14-16-10)11(15-2)9-7-5-4-6-8-9/h3-8,11H,1H2,2H3. The van der Waals surface area contributed by atoms with Crippen LogP contribution in [0.2, 0.25) is 0 Å². The molecule has 0 bridgehead atoms. The predicted octanol–water partition coefficient (Wildman–Crippen LogP) is 2.45. The van der Waals surface area contributed by atoms with Gasteiger partial charge in [0.05, 0.1) is 0 Å². The summed E-state index contributed by atoms with van der Waals surface area (Å²) in [6, 6.07) is 9.74. The second kappa shape index (κ2) is 4.72. The fourth-order valence-electron chi connectivity index (χ4n) is 1.46. The van der Waals surface area contributed by atoms with Crippen LogP contribution in [-0.4, -0.2) is 17.3 Å². The van der Waals surface area contributed by atoms with Crippen molar-refractivity contribution in [2.75, 3.05) is 7.11 Å². The zero-order valence-electron chi connectivity index (χ0n) is 8.96. The lowest BCUT2D eigenvalue weighted by molar-refractivity contribution is 0.126. The first kappa shape index (κ1) is 10.6. The molecule has 1 unspecified atom stereocenters. The van der Waals surface area contributed by atoms with Crippen LogP contribution in [0.4, 0.5) is 0 Å². The van der Waals surface area contributed by atoms with Gasteiger partial charge in [0.2, 0.25) is 11.7 Å². The van der Waals surface area contributed by atoms with Crippen LogP contribution in [0.3, 0.4) is 0 Å². The third-order valence-electron chi connectivity index (χ3n) is 2.20. The highest BCUT2D eigenvalue weighted by Gasteiger charge is 2.18. The van der Waals surface area contributed by atoms with Crippen LogP contribution in [0.5, 0.6) is 0 Å². The summed E-state index contributed by atoms with van der Waals surface area (Å²) in [5.74, 6) is 0.900. The van der Waals surface area contributed by atoms with Crippen LogP contribution in [0, 0.1) is 0 Å². The van der Waals surface area contributed by atoms with E-state index in [0.29, 0.717) is 11.7 Å². The Bertz CT molecular complexity index is 465. The molecular weight excluding hydrogens is 204 g/mol. The number of aromatic nitrogens is 2. The van der Waals surface area contributed by atoms with Gasteiger partial charge in [-0.15, -0.1) is 0 Å². The number of methoxy groups -OCH3 is 1. The van der Waals surface area contributed by atoms with Crippen LogP contribution in [0.15, 0.2) is 41.4 Å². The SMILES string of the molecule is C=Cc1nc(C(OC)c2ccccc2)no1. The first-order chi connectivity index (χ1) is 7.85. The maximum absolute atomic E-state index is 5.36. The van der Waals surface area contributed by atoms with Crippen molar-refractivity contribution in [1.82, 2.24) is 10.1 Å². The lowest BCUT2D eigenvalue weighted by Crippen LogP contribution is -2.05. The highest BCUT2D eigenvalue weighted by atomic mass is 16.5. The Kier molecular flexibility index (Phi) is 3.12. The summed E-state index contributed by atoms with van der Waals surface area (Å²) >= 11 is 0. The number of rotatable bonds is 4. The summed E-state index contributed by atoms with van der Waals surface area (Å²) in [6.07, 6.45) is 1.20. The largest absolute Gasteiger partial charge is 0.369 e. The first-order valence-electron chi connectivity index (χ1n) is 4.89. The summed E-state index contributed by atoms with van der Waals surface area (Å²) in [7, 11) is 1.61. The minimum atomic E-state index is -0.307. The summed E-state index contributed by atoms with van der Waals surface area (Å²) in [5.41, 5.74) is 0.987. The van der Waals surface area contributed by atoms with Gasteiger partial charge in [-0.05, 0) is 11.6 Å². The second-order valence-corrected chi connectivity index (χ2v) is 3.22. The van der Waals surface area contributed by atoms with Crippen molar-refractivity contribution < 1.29 is 9.26 Å². The second-order valence-electron chi connectivity index (χ2n) is 3.22. The maximum Gasteiger partial charge on any atom is 0.250 e. The molecule has 2 aromatic rings.